The second-order valence-corrected chi connectivity index (χ2v) is 4.97. The summed E-state index contributed by atoms with van der Waals surface area (Å²) < 4.78 is 30.5. The lowest BCUT2D eigenvalue weighted by Crippen LogP contribution is -2.37. The van der Waals surface area contributed by atoms with Crippen LogP contribution in [0.25, 0.3) is 0 Å². The molecule has 0 aliphatic rings. The highest BCUT2D eigenvalue weighted by Gasteiger charge is 2.19. The van der Waals surface area contributed by atoms with Gasteiger partial charge in [-0.1, -0.05) is 0 Å². The molecule has 1 aromatic carbocycles. The van der Waals surface area contributed by atoms with Crippen molar-refractivity contribution >= 4 is 16.1 Å². The highest BCUT2D eigenvalue weighted by molar-refractivity contribution is 7.90. The van der Waals surface area contributed by atoms with Crippen LogP contribution in [-0.4, -0.2) is 28.6 Å². The van der Waals surface area contributed by atoms with Crippen molar-refractivity contribution in [1.82, 2.24) is 10.0 Å². The minimum absolute atomic E-state index is 0.0434. The third-order valence-electron chi connectivity index (χ3n) is 2.13. The number of carbonyl (C=O) groups is 1. The maximum Gasteiger partial charge on any atom is 0.328 e. The molecule has 0 aromatic heterocycles. The van der Waals surface area contributed by atoms with Gasteiger partial charge in [-0.3, -0.25) is 0 Å². The number of benzene rings is 1. The number of hydrogen-bond donors (Lipinski definition) is 2. The van der Waals surface area contributed by atoms with E-state index < -0.39 is 16.1 Å². The Labute approximate surface area is 100 Å². The molecule has 0 bridgehead atoms. The van der Waals surface area contributed by atoms with Gasteiger partial charge in [-0.2, -0.15) is 0 Å². The van der Waals surface area contributed by atoms with Gasteiger partial charge in [0, 0.05) is 7.05 Å². The molecule has 0 atom stereocenters. The maximum absolute atomic E-state index is 11.8. The van der Waals surface area contributed by atoms with E-state index in [9.17, 15) is 13.2 Å². The number of aryl methyl sites for hydroxylation is 1. The zero-order valence-corrected chi connectivity index (χ0v) is 10.6. The van der Waals surface area contributed by atoms with Gasteiger partial charge in [0.25, 0.3) is 10.0 Å². The molecule has 0 unspecified atom stereocenters. The van der Waals surface area contributed by atoms with Crippen LogP contribution in [-0.2, 0) is 10.0 Å². The van der Waals surface area contributed by atoms with Crippen LogP contribution < -0.4 is 14.8 Å². The highest BCUT2D eigenvalue weighted by Crippen LogP contribution is 2.20. The van der Waals surface area contributed by atoms with Crippen LogP contribution in [0.5, 0.6) is 5.75 Å². The van der Waals surface area contributed by atoms with Gasteiger partial charge in [0.15, 0.2) is 0 Å². The van der Waals surface area contributed by atoms with Crippen molar-refractivity contribution in [3.63, 3.8) is 0 Å². The monoisotopic (exact) mass is 258 g/mol. The minimum atomic E-state index is -3.84. The van der Waals surface area contributed by atoms with E-state index in [4.69, 9.17) is 4.74 Å². The van der Waals surface area contributed by atoms with Gasteiger partial charge in [0.2, 0.25) is 0 Å². The number of hydrogen-bond acceptors (Lipinski definition) is 4. The molecule has 94 valence electrons. The first kappa shape index (κ1) is 13.3. The third-order valence-corrected chi connectivity index (χ3v) is 3.62. The van der Waals surface area contributed by atoms with Crippen LogP contribution in [0, 0.1) is 6.92 Å². The summed E-state index contributed by atoms with van der Waals surface area (Å²) in [6.07, 6.45) is 0. The Morgan fingerprint density at radius 2 is 2.00 bits per heavy atom. The van der Waals surface area contributed by atoms with Gasteiger partial charge < -0.3 is 10.1 Å². The zero-order chi connectivity index (χ0) is 13.1. The van der Waals surface area contributed by atoms with Gasteiger partial charge in [0.1, 0.15) is 5.75 Å². The Morgan fingerprint density at radius 1 is 1.35 bits per heavy atom. The van der Waals surface area contributed by atoms with Crippen LogP contribution in [0.4, 0.5) is 4.79 Å². The first-order chi connectivity index (χ1) is 7.90. The number of nitrogens with one attached hydrogen (secondary N) is 2. The average molecular weight is 258 g/mol. The molecular formula is C10H14N2O4S. The molecule has 0 radical (unpaired) electrons. The molecular weight excluding hydrogens is 244 g/mol. The molecule has 1 aromatic rings. The Balaban J connectivity index is 3.11. The summed E-state index contributed by atoms with van der Waals surface area (Å²) in [7, 11) is -1.01. The van der Waals surface area contributed by atoms with Crippen LogP contribution in [0.3, 0.4) is 0 Å². The first-order valence-electron chi connectivity index (χ1n) is 4.80. The van der Waals surface area contributed by atoms with E-state index in [2.05, 4.69) is 5.32 Å². The first-order valence-corrected chi connectivity index (χ1v) is 6.28. The van der Waals surface area contributed by atoms with Crippen molar-refractivity contribution in [2.24, 2.45) is 0 Å². The second kappa shape index (κ2) is 5.05. The molecule has 0 spiro atoms. The molecule has 2 N–H and O–H groups in total. The molecule has 2 amide bonds. The summed E-state index contributed by atoms with van der Waals surface area (Å²) in [5.74, 6) is 0.557. The van der Waals surface area contributed by atoms with E-state index in [1.54, 1.807) is 13.0 Å². The van der Waals surface area contributed by atoms with Crippen molar-refractivity contribution < 1.29 is 17.9 Å². The van der Waals surface area contributed by atoms with Gasteiger partial charge in [0.05, 0.1) is 12.0 Å². The van der Waals surface area contributed by atoms with Crippen molar-refractivity contribution in [3.05, 3.63) is 23.8 Å². The molecule has 0 heterocycles. The average Bonchev–Trinajstić information content (AvgIpc) is 2.27. The van der Waals surface area contributed by atoms with Gasteiger partial charge >= 0.3 is 6.03 Å². The minimum Gasteiger partial charge on any atom is -0.497 e. The SMILES string of the molecule is CNC(=O)NS(=O)(=O)c1ccc(OC)cc1C. The number of urea groups is 1. The quantitative estimate of drug-likeness (QED) is 0.832. The van der Waals surface area contributed by atoms with Gasteiger partial charge in [-0.25, -0.2) is 17.9 Å². The van der Waals surface area contributed by atoms with E-state index in [0.717, 1.165) is 0 Å². The molecule has 6 nitrogen and oxygen atoms in total. The number of rotatable bonds is 3. The summed E-state index contributed by atoms with van der Waals surface area (Å²) in [5, 5.41) is 2.18. The normalized spacial score (nSPS) is 10.8. The van der Waals surface area contributed by atoms with Crippen LogP contribution in [0.2, 0.25) is 0 Å². The van der Waals surface area contributed by atoms with Crippen LogP contribution in [0.15, 0.2) is 23.1 Å². The number of sulfonamides is 1. The number of ether oxygens (including phenoxy) is 1. The fourth-order valence-corrected chi connectivity index (χ4v) is 2.46. The molecule has 1 rings (SSSR count). The molecule has 0 aliphatic heterocycles. The number of methoxy groups -OCH3 is 1. The molecule has 0 saturated carbocycles. The van der Waals surface area contributed by atoms with Crippen molar-refractivity contribution in [3.8, 4) is 5.75 Å². The predicted molar refractivity (Wildman–Crippen MR) is 62.5 cm³/mol. The summed E-state index contributed by atoms with van der Waals surface area (Å²) in [5.41, 5.74) is 0.501. The maximum atomic E-state index is 11.8. The van der Waals surface area contributed by atoms with E-state index in [-0.39, 0.29) is 4.90 Å². The largest absolute Gasteiger partial charge is 0.497 e. The molecule has 7 heteroatoms. The molecule has 17 heavy (non-hydrogen) atoms. The number of carbonyl (C=O) groups excluding carboxylic acids is 1. The van der Waals surface area contributed by atoms with Crippen LogP contribution in [0.1, 0.15) is 5.56 Å². The van der Waals surface area contributed by atoms with Crippen molar-refractivity contribution in [1.29, 1.82) is 0 Å². The fraction of sp³-hybridized carbons (Fsp3) is 0.300. The zero-order valence-electron chi connectivity index (χ0n) is 9.77. The fourth-order valence-electron chi connectivity index (χ4n) is 1.28. The predicted octanol–water partition coefficient (Wildman–Crippen LogP) is 0.621. The Hall–Kier alpha value is -1.76. The van der Waals surface area contributed by atoms with E-state index in [1.165, 1.54) is 26.3 Å². The Bertz CT molecular complexity index is 525. The van der Waals surface area contributed by atoms with E-state index >= 15 is 0 Å². The second-order valence-electron chi connectivity index (χ2n) is 3.32. The summed E-state index contributed by atoms with van der Waals surface area (Å²) in [4.78, 5) is 11.1. The Kier molecular flexibility index (Phi) is 3.95. The molecule has 0 fully saturated rings. The lowest BCUT2D eigenvalue weighted by Gasteiger charge is -2.10. The standard InChI is InChI=1S/C10H14N2O4S/c1-7-6-8(16-3)4-5-9(7)17(14,15)12-10(13)11-2/h4-6H,1-3H3,(H2,11,12,13). The smallest absolute Gasteiger partial charge is 0.328 e. The van der Waals surface area contributed by atoms with Crippen molar-refractivity contribution in [2.75, 3.05) is 14.2 Å². The summed E-state index contributed by atoms with van der Waals surface area (Å²) in [6, 6.07) is 3.71. The van der Waals surface area contributed by atoms with Crippen LogP contribution >= 0.6 is 0 Å². The van der Waals surface area contributed by atoms with E-state index in [0.29, 0.717) is 11.3 Å². The van der Waals surface area contributed by atoms with Crippen molar-refractivity contribution in [2.45, 2.75) is 11.8 Å². The van der Waals surface area contributed by atoms with Gasteiger partial charge in [-0.15, -0.1) is 0 Å². The van der Waals surface area contributed by atoms with Gasteiger partial charge in [-0.05, 0) is 30.7 Å². The van der Waals surface area contributed by atoms with E-state index in [1.807, 2.05) is 4.72 Å². The molecule has 0 aliphatic carbocycles. The number of amides is 2. The molecule has 0 saturated heterocycles. The lowest BCUT2D eigenvalue weighted by atomic mass is 10.2. The topological polar surface area (TPSA) is 84.5 Å². The summed E-state index contributed by atoms with van der Waals surface area (Å²) in [6.45, 7) is 1.63. The summed E-state index contributed by atoms with van der Waals surface area (Å²) >= 11 is 0. The Morgan fingerprint density at radius 3 is 2.47 bits per heavy atom. The third kappa shape index (κ3) is 3.10. The lowest BCUT2D eigenvalue weighted by molar-refractivity contribution is 0.248. The highest BCUT2D eigenvalue weighted by atomic mass is 32.2.